The van der Waals surface area contributed by atoms with Crippen LogP contribution in [-0.2, 0) is 0 Å². The minimum atomic E-state index is 0.418. The third-order valence-corrected chi connectivity index (χ3v) is 3.11. The molecule has 0 spiro atoms. The van der Waals surface area contributed by atoms with Crippen molar-refractivity contribution in [3.05, 3.63) is 0 Å². The molecule has 0 aromatic rings. The van der Waals surface area contributed by atoms with Crippen molar-refractivity contribution in [3.8, 4) is 0 Å². The van der Waals surface area contributed by atoms with Gasteiger partial charge in [-0.25, -0.2) is 0 Å². The number of nitrogens with one attached hydrogen (secondary N) is 1. The van der Waals surface area contributed by atoms with Crippen molar-refractivity contribution >= 4 is 0 Å². The Hall–Kier alpha value is -0.0800. The van der Waals surface area contributed by atoms with Gasteiger partial charge in [-0.2, -0.15) is 0 Å². The summed E-state index contributed by atoms with van der Waals surface area (Å²) in [6, 6.07) is 0. The van der Waals surface area contributed by atoms with Crippen LogP contribution in [0, 0.1) is 17.8 Å². The number of aliphatic hydroxyl groups is 1. The van der Waals surface area contributed by atoms with E-state index in [1.54, 1.807) is 0 Å². The number of hydrogen-bond donors (Lipinski definition) is 2. The van der Waals surface area contributed by atoms with Gasteiger partial charge in [-0.1, -0.05) is 0 Å². The lowest BCUT2D eigenvalue weighted by Crippen LogP contribution is -2.49. The summed E-state index contributed by atoms with van der Waals surface area (Å²) in [6.07, 6.45) is 2.55. The molecule has 1 heterocycles. The van der Waals surface area contributed by atoms with E-state index in [9.17, 15) is 0 Å². The molecule has 2 N–H and O–H groups in total. The van der Waals surface area contributed by atoms with E-state index >= 15 is 0 Å². The van der Waals surface area contributed by atoms with Gasteiger partial charge in [0.2, 0.25) is 0 Å². The lowest BCUT2D eigenvalue weighted by atomic mass is 9.62. The molecule has 2 fully saturated rings. The van der Waals surface area contributed by atoms with Gasteiger partial charge in [0.25, 0.3) is 0 Å². The first-order chi connectivity index (χ1) is 4.92. The Morgan fingerprint density at radius 3 is 3.10 bits per heavy atom. The molecule has 2 heteroatoms. The quantitative estimate of drug-likeness (QED) is 0.547. The van der Waals surface area contributed by atoms with E-state index in [0.717, 1.165) is 18.4 Å². The second-order valence-electron chi connectivity index (χ2n) is 3.60. The fraction of sp³-hybridized carbons (Fsp3) is 1.00. The summed E-state index contributed by atoms with van der Waals surface area (Å²) >= 11 is 0. The van der Waals surface area contributed by atoms with E-state index in [4.69, 9.17) is 5.11 Å². The molecule has 10 heavy (non-hydrogen) atoms. The number of hydrogen-bond acceptors (Lipinski definition) is 2. The molecule has 1 saturated heterocycles. The molecule has 3 unspecified atom stereocenters. The van der Waals surface area contributed by atoms with E-state index in [-0.39, 0.29) is 0 Å². The maximum absolute atomic E-state index is 8.90. The maximum atomic E-state index is 8.90. The molecule has 0 bridgehead atoms. The van der Waals surface area contributed by atoms with Gasteiger partial charge in [0.15, 0.2) is 0 Å². The summed E-state index contributed by atoms with van der Waals surface area (Å²) in [5.74, 6) is 2.39. The summed E-state index contributed by atoms with van der Waals surface area (Å²) in [4.78, 5) is 0. The monoisotopic (exact) mass is 141 g/mol. The number of fused-ring (bicyclic) bond motifs is 1. The Morgan fingerprint density at radius 2 is 2.40 bits per heavy atom. The molecule has 0 aromatic carbocycles. The van der Waals surface area contributed by atoms with Gasteiger partial charge >= 0.3 is 0 Å². The first-order valence-electron chi connectivity index (χ1n) is 4.23. The fourth-order valence-corrected chi connectivity index (χ4v) is 2.40. The average molecular weight is 141 g/mol. The number of piperidine rings is 1. The third kappa shape index (κ3) is 0.867. The second-order valence-corrected chi connectivity index (χ2v) is 3.60. The molecule has 0 radical (unpaired) electrons. The normalized spacial score (nSPS) is 45.9. The SMILES string of the molecule is OCC1CC2CNCCC12. The maximum Gasteiger partial charge on any atom is 0.0462 e. The van der Waals surface area contributed by atoms with Gasteiger partial charge in [0, 0.05) is 6.61 Å². The van der Waals surface area contributed by atoms with Crippen molar-refractivity contribution in [2.24, 2.45) is 17.8 Å². The standard InChI is InChI=1S/C8H15NO/c10-5-7-3-6-4-9-2-1-8(6)7/h6-10H,1-5H2. The Morgan fingerprint density at radius 1 is 1.50 bits per heavy atom. The minimum absolute atomic E-state index is 0.418. The summed E-state index contributed by atoms with van der Waals surface area (Å²) < 4.78 is 0. The van der Waals surface area contributed by atoms with Crippen LogP contribution in [0.2, 0.25) is 0 Å². The summed E-state index contributed by atoms with van der Waals surface area (Å²) in [5.41, 5.74) is 0. The van der Waals surface area contributed by atoms with Crippen LogP contribution in [0.25, 0.3) is 0 Å². The molecule has 1 aliphatic heterocycles. The van der Waals surface area contributed by atoms with Crippen LogP contribution >= 0.6 is 0 Å². The molecule has 3 atom stereocenters. The molecule has 1 saturated carbocycles. The highest BCUT2D eigenvalue weighted by Crippen LogP contribution is 2.43. The van der Waals surface area contributed by atoms with Crippen LogP contribution in [0.1, 0.15) is 12.8 Å². The zero-order valence-corrected chi connectivity index (χ0v) is 6.21. The highest BCUT2D eigenvalue weighted by Gasteiger charge is 2.41. The van der Waals surface area contributed by atoms with Gasteiger partial charge in [-0.3, -0.25) is 0 Å². The van der Waals surface area contributed by atoms with Crippen molar-refractivity contribution in [2.75, 3.05) is 19.7 Å². The Labute approximate surface area is 61.6 Å². The van der Waals surface area contributed by atoms with Gasteiger partial charge in [-0.05, 0) is 43.7 Å². The van der Waals surface area contributed by atoms with Crippen molar-refractivity contribution in [2.45, 2.75) is 12.8 Å². The molecule has 0 aromatic heterocycles. The van der Waals surface area contributed by atoms with Gasteiger partial charge in [0.1, 0.15) is 0 Å². The number of aliphatic hydroxyl groups excluding tert-OH is 1. The van der Waals surface area contributed by atoms with E-state index < -0.39 is 0 Å². The molecule has 58 valence electrons. The topological polar surface area (TPSA) is 32.3 Å². The molecule has 0 amide bonds. The highest BCUT2D eigenvalue weighted by molar-refractivity contribution is 4.92. The Balaban J connectivity index is 1.89. The lowest BCUT2D eigenvalue weighted by Gasteiger charge is -2.47. The third-order valence-electron chi connectivity index (χ3n) is 3.11. The Bertz CT molecular complexity index is 122. The first-order valence-corrected chi connectivity index (χ1v) is 4.23. The largest absolute Gasteiger partial charge is 0.396 e. The van der Waals surface area contributed by atoms with Gasteiger partial charge in [-0.15, -0.1) is 0 Å². The van der Waals surface area contributed by atoms with Crippen LogP contribution in [0.4, 0.5) is 0 Å². The minimum Gasteiger partial charge on any atom is -0.396 e. The highest BCUT2D eigenvalue weighted by atomic mass is 16.3. The van der Waals surface area contributed by atoms with E-state index in [1.807, 2.05) is 0 Å². The molecule has 2 aliphatic rings. The average Bonchev–Trinajstić information content (AvgIpc) is 1.92. The van der Waals surface area contributed by atoms with E-state index in [1.165, 1.54) is 19.4 Å². The van der Waals surface area contributed by atoms with E-state index in [2.05, 4.69) is 5.32 Å². The smallest absolute Gasteiger partial charge is 0.0462 e. The van der Waals surface area contributed by atoms with Crippen molar-refractivity contribution < 1.29 is 5.11 Å². The first kappa shape index (κ1) is 6.62. The molecule has 1 aliphatic carbocycles. The predicted molar refractivity (Wildman–Crippen MR) is 39.7 cm³/mol. The fourth-order valence-electron chi connectivity index (χ4n) is 2.40. The van der Waals surface area contributed by atoms with Crippen LogP contribution in [0.15, 0.2) is 0 Å². The number of rotatable bonds is 1. The zero-order valence-electron chi connectivity index (χ0n) is 6.21. The van der Waals surface area contributed by atoms with Crippen molar-refractivity contribution in [3.63, 3.8) is 0 Å². The van der Waals surface area contributed by atoms with E-state index in [0.29, 0.717) is 12.5 Å². The molecule has 2 rings (SSSR count). The Kier molecular flexibility index (Phi) is 1.66. The van der Waals surface area contributed by atoms with Gasteiger partial charge in [0.05, 0.1) is 0 Å². The van der Waals surface area contributed by atoms with Crippen LogP contribution in [0.5, 0.6) is 0 Å². The molecular weight excluding hydrogens is 126 g/mol. The summed E-state index contributed by atoms with van der Waals surface area (Å²) in [7, 11) is 0. The van der Waals surface area contributed by atoms with Crippen LogP contribution < -0.4 is 5.32 Å². The molecular formula is C8H15NO. The van der Waals surface area contributed by atoms with Crippen LogP contribution in [-0.4, -0.2) is 24.8 Å². The lowest BCUT2D eigenvalue weighted by molar-refractivity contribution is 0.00217. The van der Waals surface area contributed by atoms with Gasteiger partial charge < -0.3 is 10.4 Å². The summed E-state index contributed by atoms with van der Waals surface area (Å²) in [6.45, 7) is 2.78. The van der Waals surface area contributed by atoms with Crippen molar-refractivity contribution in [1.29, 1.82) is 0 Å². The van der Waals surface area contributed by atoms with Crippen molar-refractivity contribution in [1.82, 2.24) is 5.32 Å². The molecule has 2 nitrogen and oxygen atoms in total. The second kappa shape index (κ2) is 2.51. The predicted octanol–water partition coefficient (Wildman–Crippen LogP) is 0.224. The van der Waals surface area contributed by atoms with Crippen LogP contribution in [0.3, 0.4) is 0 Å². The summed E-state index contributed by atoms with van der Waals surface area (Å²) in [5, 5.41) is 12.3. The zero-order chi connectivity index (χ0) is 6.97.